The van der Waals surface area contributed by atoms with Crippen LogP contribution in [-0.4, -0.2) is 24.1 Å². The van der Waals surface area contributed by atoms with E-state index < -0.39 is 0 Å². The lowest BCUT2D eigenvalue weighted by molar-refractivity contribution is 0.670. The van der Waals surface area contributed by atoms with Crippen LogP contribution in [0.5, 0.6) is 0 Å². The van der Waals surface area contributed by atoms with Crippen molar-refractivity contribution in [1.29, 1.82) is 0 Å². The van der Waals surface area contributed by atoms with Gasteiger partial charge < -0.3 is 8.98 Å². The van der Waals surface area contributed by atoms with Crippen LogP contribution in [0.2, 0.25) is 0 Å². The molecule has 0 unspecified atom stereocenters. The molecular weight excluding hydrogens is 627 g/mol. The zero-order chi connectivity index (χ0) is 33.5. The lowest BCUT2D eigenvalue weighted by Gasteiger charge is -2.12. The average Bonchev–Trinajstić information content (AvgIpc) is 3.86. The van der Waals surface area contributed by atoms with Crippen molar-refractivity contribution < 1.29 is 4.42 Å². The Morgan fingerprint density at radius 1 is 0.392 bits per heavy atom. The number of fused-ring (bicyclic) bond motifs is 11. The second-order valence-corrected chi connectivity index (χ2v) is 12.8. The van der Waals surface area contributed by atoms with Crippen LogP contribution >= 0.6 is 0 Å². The third-order valence-corrected chi connectivity index (χ3v) is 9.97. The fraction of sp³-hybridized carbons (Fsp3) is 0. The van der Waals surface area contributed by atoms with Gasteiger partial charge in [-0.2, -0.15) is 9.97 Å². The van der Waals surface area contributed by atoms with Gasteiger partial charge in [0.1, 0.15) is 11.1 Å². The topological polar surface area (TPSA) is 61.7 Å². The first-order chi connectivity index (χ1) is 25.3. The normalized spacial score (nSPS) is 11.9. The molecule has 11 aromatic rings. The Hall–Kier alpha value is -7.05. The Morgan fingerprint density at radius 3 is 1.69 bits per heavy atom. The highest BCUT2D eigenvalue weighted by Crippen LogP contribution is 2.45. The first kappa shape index (κ1) is 27.9. The van der Waals surface area contributed by atoms with Gasteiger partial charge >= 0.3 is 0 Å². The van der Waals surface area contributed by atoms with Crippen LogP contribution in [-0.2, 0) is 0 Å². The van der Waals surface area contributed by atoms with Gasteiger partial charge in [0.2, 0.25) is 5.95 Å². The lowest BCUT2D eigenvalue weighted by Crippen LogP contribution is -2.06. The summed E-state index contributed by atoms with van der Waals surface area (Å²) in [7, 11) is 0. The van der Waals surface area contributed by atoms with Crippen molar-refractivity contribution in [1.82, 2.24) is 24.1 Å². The van der Waals surface area contributed by atoms with E-state index in [2.05, 4.69) is 100 Å². The minimum absolute atomic E-state index is 0.528. The Kier molecular flexibility index (Phi) is 5.86. The number of hydrogen-bond acceptors (Lipinski definition) is 4. The molecule has 0 aliphatic carbocycles. The van der Waals surface area contributed by atoms with E-state index in [1.54, 1.807) is 0 Å². The van der Waals surface area contributed by atoms with Crippen molar-refractivity contribution in [3.8, 4) is 34.4 Å². The number of aromatic nitrogens is 5. The van der Waals surface area contributed by atoms with Crippen LogP contribution in [0.3, 0.4) is 0 Å². The van der Waals surface area contributed by atoms with E-state index in [0.29, 0.717) is 17.6 Å². The van der Waals surface area contributed by atoms with Gasteiger partial charge in [-0.25, -0.2) is 4.98 Å². The van der Waals surface area contributed by atoms with E-state index in [1.165, 1.54) is 0 Å². The van der Waals surface area contributed by atoms with Crippen molar-refractivity contribution in [2.45, 2.75) is 0 Å². The van der Waals surface area contributed by atoms with Crippen LogP contribution in [0.15, 0.2) is 168 Å². The zero-order valence-electron chi connectivity index (χ0n) is 27.2. The molecule has 0 aliphatic rings. The highest BCUT2D eigenvalue weighted by molar-refractivity contribution is 6.29. The minimum Gasteiger partial charge on any atom is -0.454 e. The van der Waals surface area contributed by atoms with Crippen LogP contribution < -0.4 is 0 Å². The third kappa shape index (κ3) is 4.07. The van der Waals surface area contributed by atoms with Crippen LogP contribution in [0.1, 0.15) is 0 Å². The van der Waals surface area contributed by atoms with E-state index in [0.717, 1.165) is 82.4 Å². The molecule has 6 nitrogen and oxygen atoms in total. The molecule has 0 aliphatic heterocycles. The molecule has 0 spiro atoms. The van der Waals surface area contributed by atoms with Crippen molar-refractivity contribution in [3.63, 3.8) is 0 Å². The summed E-state index contributed by atoms with van der Waals surface area (Å²) in [6.07, 6.45) is 0. The van der Waals surface area contributed by atoms with E-state index >= 15 is 0 Å². The summed E-state index contributed by atoms with van der Waals surface area (Å²) in [4.78, 5) is 15.6. The zero-order valence-corrected chi connectivity index (χ0v) is 27.2. The van der Waals surface area contributed by atoms with Crippen molar-refractivity contribution in [2.75, 3.05) is 0 Å². The number of hydrogen-bond donors (Lipinski definition) is 0. The molecule has 7 aromatic carbocycles. The van der Waals surface area contributed by atoms with E-state index in [9.17, 15) is 0 Å². The predicted octanol–water partition coefficient (Wildman–Crippen LogP) is 11.3. The second kappa shape index (κ2) is 10.7. The smallest absolute Gasteiger partial charge is 0.238 e. The second-order valence-electron chi connectivity index (χ2n) is 12.8. The van der Waals surface area contributed by atoms with Gasteiger partial charge in [0.15, 0.2) is 17.2 Å². The van der Waals surface area contributed by atoms with E-state index in [-0.39, 0.29) is 0 Å². The fourth-order valence-electron chi connectivity index (χ4n) is 7.77. The molecule has 238 valence electrons. The molecule has 4 heterocycles. The first-order valence-corrected chi connectivity index (χ1v) is 17.0. The maximum absolute atomic E-state index is 6.76. The molecule has 0 fully saturated rings. The monoisotopic (exact) mass is 653 g/mol. The van der Waals surface area contributed by atoms with Crippen molar-refractivity contribution in [3.05, 3.63) is 164 Å². The maximum atomic E-state index is 6.76. The number of rotatable bonds is 4. The fourth-order valence-corrected chi connectivity index (χ4v) is 7.77. The van der Waals surface area contributed by atoms with Crippen molar-refractivity contribution in [2.24, 2.45) is 0 Å². The molecule has 0 amide bonds. The largest absolute Gasteiger partial charge is 0.454 e. The van der Waals surface area contributed by atoms with Gasteiger partial charge in [-0.15, -0.1) is 0 Å². The molecule has 6 heteroatoms. The van der Waals surface area contributed by atoms with Gasteiger partial charge in [-0.1, -0.05) is 127 Å². The maximum Gasteiger partial charge on any atom is 0.238 e. The average molecular weight is 654 g/mol. The van der Waals surface area contributed by atoms with Gasteiger partial charge in [-0.05, 0) is 36.4 Å². The van der Waals surface area contributed by atoms with Gasteiger partial charge in [0, 0.05) is 49.1 Å². The molecule has 0 saturated heterocycles. The highest BCUT2D eigenvalue weighted by Gasteiger charge is 2.25. The summed E-state index contributed by atoms with van der Waals surface area (Å²) in [5.41, 5.74) is 8.74. The highest BCUT2D eigenvalue weighted by atomic mass is 16.3. The molecule has 0 saturated carbocycles. The Bertz CT molecular complexity index is 3060. The van der Waals surface area contributed by atoms with Crippen LogP contribution in [0, 0.1) is 0 Å². The standard InChI is InChI=1S/C45H27N5O/c1-4-14-28(15-5-1)43-46-44(29-16-6-2-7-17-29)48-45(47-43)50-40-32(33-24-25-34-31-20-11-13-23-38(31)51-42(34)41(33)50)26-27-37-39(40)35-21-10-12-22-36(35)49(37)30-18-8-3-9-19-30/h1-27H. The molecule has 0 N–H and O–H groups in total. The first-order valence-electron chi connectivity index (χ1n) is 17.0. The van der Waals surface area contributed by atoms with Gasteiger partial charge in [0.05, 0.1) is 16.6 Å². The number of benzene rings is 7. The molecule has 51 heavy (non-hydrogen) atoms. The molecule has 0 bridgehead atoms. The number of nitrogens with zero attached hydrogens (tertiary/aromatic N) is 5. The molecule has 11 rings (SSSR count). The summed E-state index contributed by atoms with van der Waals surface area (Å²) >= 11 is 0. The van der Waals surface area contributed by atoms with Gasteiger partial charge in [0.25, 0.3) is 0 Å². The minimum atomic E-state index is 0.528. The molecule has 0 radical (unpaired) electrons. The summed E-state index contributed by atoms with van der Waals surface area (Å²) in [5, 5.41) is 6.55. The van der Waals surface area contributed by atoms with E-state index in [4.69, 9.17) is 19.4 Å². The number of para-hydroxylation sites is 3. The number of furan rings is 1. The van der Waals surface area contributed by atoms with Crippen LogP contribution in [0.25, 0.3) is 100.0 Å². The van der Waals surface area contributed by atoms with Crippen LogP contribution in [0.4, 0.5) is 0 Å². The Morgan fingerprint density at radius 2 is 0.961 bits per heavy atom. The van der Waals surface area contributed by atoms with Crippen molar-refractivity contribution >= 4 is 65.6 Å². The summed E-state index contributed by atoms with van der Waals surface area (Å²) in [5.74, 6) is 1.73. The Labute approximate surface area is 291 Å². The lowest BCUT2D eigenvalue weighted by atomic mass is 10.1. The Balaban J connectivity index is 1.37. The summed E-state index contributed by atoms with van der Waals surface area (Å²) in [6.45, 7) is 0. The van der Waals surface area contributed by atoms with E-state index in [1.807, 2.05) is 72.8 Å². The van der Waals surface area contributed by atoms with Gasteiger partial charge in [-0.3, -0.25) is 4.57 Å². The molecule has 4 aromatic heterocycles. The predicted molar refractivity (Wildman–Crippen MR) is 207 cm³/mol. The quantitative estimate of drug-likeness (QED) is 0.190. The SMILES string of the molecule is c1ccc(-c2nc(-c3ccccc3)nc(-n3c4c(ccc5c6ccccc6oc54)c4ccc5c(c6ccccc6n5-c5ccccc5)c43)n2)cc1. The summed E-state index contributed by atoms with van der Waals surface area (Å²) < 4.78 is 11.3. The molecular formula is C45H27N5O. The third-order valence-electron chi connectivity index (χ3n) is 9.97. The summed E-state index contributed by atoms with van der Waals surface area (Å²) in [6, 6.07) is 56.6. The molecule has 0 atom stereocenters.